The lowest BCUT2D eigenvalue weighted by Gasteiger charge is -2.27. The molecule has 0 aliphatic carbocycles. The highest BCUT2D eigenvalue weighted by atomic mass is 32.2. The first-order valence-electron chi connectivity index (χ1n) is 11.2. The summed E-state index contributed by atoms with van der Waals surface area (Å²) >= 11 is 0. The minimum Gasteiger partial charge on any atom is -0.497 e. The van der Waals surface area contributed by atoms with Crippen LogP contribution in [0.4, 0.5) is 10.1 Å². The van der Waals surface area contributed by atoms with Crippen LogP contribution in [0.25, 0.3) is 0 Å². The number of nitrogens with one attached hydrogen (secondary N) is 1. The van der Waals surface area contributed by atoms with E-state index in [1.807, 2.05) is 0 Å². The molecule has 0 aromatic heterocycles. The van der Waals surface area contributed by atoms with Gasteiger partial charge in [0.15, 0.2) is 11.5 Å². The van der Waals surface area contributed by atoms with E-state index in [0.29, 0.717) is 17.1 Å². The van der Waals surface area contributed by atoms with Crippen LogP contribution in [0.1, 0.15) is 18.5 Å². The van der Waals surface area contributed by atoms with E-state index in [1.165, 1.54) is 64.8 Å². The molecule has 0 spiro atoms. The minimum absolute atomic E-state index is 0.0984. The summed E-state index contributed by atoms with van der Waals surface area (Å²) in [5.41, 5.74) is 0.754. The van der Waals surface area contributed by atoms with Crippen LogP contribution in [0.3, 0.4) is 0 Å². The number of carbonyl (C=O) groups excluding carboxylic acids is 1. The maximum Gasteiger partial charge on any atom is 0.265 e. The lowest BCUT2D eigenvalue weighted by molar-refractivity contribution is -0.120. The first-order valence-corrected chi connectivity index (χ1v) is 12.6. The number of halogens is 1. The molecule has 198 valence electrons. The van der Waals surface area contributed by atoms with Gasteiger partial charge in [-0.1, -0.05) is 12.1 Å². The first-order chi connectivity index (χ1) is 17.6. The van der Waals surface area contributed by atoms with Crippen LogP contribution in [0.5, 0.6) is 23.0 Å². The Morgan fingerprint density at radius 2 is 1.49 bits per heavy atom. The highest BCUT2D eigenvalue weighted by molar-refractivity contribution is 7.92. The topological polar surface area (TPSA) is 103 Å². The molecular formula is C26H29FN2O7S. The Kier molecular flexibility index (Phi) is 8.82. The Balaban J connectivity index is 2.04. The molecule has 3 rings (SSSR count). The van der Waals surface area contributed by atoms with Crippen LogP contribution in [0.2, 0.25) is 0 Å². The summed E-state index contributed by atoms with van der Waals surface area (Å²) in [5, 5.41) is 2.76. The molecule has 3 aromatic rings. The van der Waals surface area contributed by atoms with Crippen molar-refractivity contribution in [2.45, 2.75) is 17.9 Å². The van der Waals surface area contributed by atoms with Crippen molar-refractivity contribution in [1.82, 2.24) is 5.32 Å². The van der Waals surface area contributed by atoms with Gasteiger partial charge in [0.2, 0.25) is 5.91 Å². The maximum absolute atomic E-state index is 13.9. The molecule has 0 radical (unpaired) electrons. The number of amides is 1. The van der Waals surface area contributed by atoms with Gasteiger partial charge in [0, 0.05) is 12.1 Å². The monoisotopic (exact) mass is 532 g/mol. The van der Waals surface area contributed by atoms with Crippen LogP contribution in [0.15, 0.2) is 65.6 Å². The number of rotatable bonds is 11. The average Bonchev–Trinajstić information content (AvgIpc) is 2.91. The zero-order valence-corrected chi connectivity index (χ0v) is 22.0. The van der Waals surface area contributed by atoms with Gasteiger partial charge in [-0.2, -0.15) is 0 Å². The second-order valence-electron chi connectivity index (χ2n) is 7.91. The third-order valence-electron chi connectivity index (χ3n) is 5.63. The minimum atomic E-state index is -4.32. The first kappa shape index (κ1) is 27.6. The van der Waals surface area contributed by atoms with Crippen LogP contribution in [-0.2, 0) is 14.8 Å². The van der Waals surface area contributed by atoms with Crippen molar-refractivity contribution < 1.29 is 36.6 Å². The summed E-state index contributed by atoms with van der Waals surface area (Å²) in [6, 6.07) is 13.9. The quantitative estimate of drug-likeness (QED) is 0.399. The summed E-state index contributed by atoms with van der Waals surface area (Å²) in [4.78, 5) is 13.0. The Hall–Kier alpha value is -3.99. The predicted octanol–water partition coefficient (Wildman–Crippen LogP) is 3.93. The maximum atomic E-state index is 13.9. The summed E-state index contributed by atoms with van der Waals surface area (Å²) in [5.74, 6) is 0.131. The number of methoxy groups -OCH3 is 4. The fourth-order valence-corrected chi connectivity index (χ4v) is 5.09. The lowest BCUT2D eigenvalue weighted by Crippen LogP contribution is -2.41. The molecule has 0 fully saturated rings. The van der Waals surface area contributed by atoms with Gasteiger partial charge in [0.25, 0.3) is 10.0 Å². The smallest absolute Gasteiger partial charge is 0.265 e. The van der Waals surface area contributed by atoms with E-state index >= 15 is 0 Å². The van der Waals surface area contributed by atoms with E-state index in [9.17, 15) is 17.6 Å². The fourth-order valence-electron chi connectivity index (χ4n) is 3.65. The van der Waals surface area contributed by atoms with E-state index in [2.05, 4.69) is 5.32 Å². The van der Waals surface area contributed by atoms with Crippen LogP contribution in [-0.4, -0.2) is 49.3 Å². The van der Waals surface area contributed by atoms with Crippen molar-refractivity contribution in [3.05, 3.63) is 72.0 Å². The molecular weight excluding hydrogens is 503 g/mol. The number of sulfonamides is 1. The van der Waals surface area contributed by atoms with E-state index in [4.69, 9.17) is 18.9 Å². The second-order valence-corrected chi connectivity index (χ2v) is 9.77. The Morgan fingerprint density at radius 1 is 0.865 bits per heavy atom. The standard InChI is InChI=1S/C26H29FN2O7S/c1-17(18-6-8-19(27)9-7-18)28-26(30)16-29(22-14-20(33-2)10-12-23(22)34-3)37(31,32)21-11-13-24(35-4)25(15-21)36-5/h6-15,17H,16H2,1-5H3,(H,28,30)/t17-/m1/s1. The molecule has 0 saturated heterocycles. The Bertz CT molecular complexity index is 1350. The van der Waals surface area contributed by atoms with Crippen molar-refractivity contribution >= 4 is 21.6 Å². The SMILES string of the molecule is COc1ccc(OC)c(N(CC(=O)N[C@H](C)c2ccc(F)cc2)S(=O)(=O)c2ccc(OC)c(OC)c2)c1. The van der Waals surface area contributed by atoms with Gasteiger partial charge in [-0.15, -0.1) is 0 Å². The van der Waals surface area contributed by atoms with Crippen molar-refractivity contribution in [3.8, 4) is 23.0 Å². The van der Waals surface area contributed by atoms with Crippen LogP contribution in [0, 0.1) is 5.82 Å². The molecule has 37 heavy (non-hydrogen) atoms. The van der Waals surface area contributed by atoms with Crippen molar-refractivity contribution in [1.29, 1.82) is 0 Å². The molecule has 0 saturated carbocycles. The molecule has 1 atom stereocenters. The number of benzene rings is 3. The number of hydrogen-bond donors (Lipinski definition) is 1. The highest BCUT2D eigenvalue weighted by Crippen LogP contribution is 2.37. The third-order valence-corrected chi connectivity index (χ3v) is 7.39. The summed E-state index contributed by atoms with van der Waals surface area (Å²) in [6.45, 7) is 1.14. The number of anilines is 1. The Labute approximate surface area is 215 Å². The van der Waals surface area contributed by atoms with Crippen molar-refractivity contribution in [3.63, 3.8) is 0 Å². The molecule has 0 aliphatic heterocycles. The number of ether oxygens (including phenoxy) is 4. The zero-order valence-electron chi connectivity index (χ0n) is 21.1. The normalized spacial score (nSPS) is 11.8. The van der Waals surface area contributed by atoms with Crippen molar-refractivity contribution in [2.24, 2.45) is 0 Å². The largest absolute Gasteiger partial charge is 0.497 e. The number of nitrogens with zero attached hydrogens (tertiary/aromatic N) is 1. The van der Waals surface area contributed by atoms with Crippen molar-refractivity contribution in [2.75, 3.05) is 39.3 Å². The highest BCUT2D eigenvalue weighted by Gasteiger charge is 2.31. The summed E-state index contributed by atoms with van der Waals surface area (Å²) in [7, 11) is 1.34. The van der Waals surface area contributed by atoms with E-state index < -0.39 is 34.3 Å². The molecule has 0 heterocycles. The van der Waals surface area contributed by atoms with Gasteiger partial charge in [-0.05, 0) is 48.9 Å². The molecule has 3 aromatic carbocycles. The Morgan fingerprint density at radius 3 is 2.08 bits per heavy atom. The van der Waals surface area contributed by atoms with Crippen LogP contribution < -0.4 is 28.6 Å². The molecule has 1 amide bonds. The molecule has 9 nitrogen and oxygen atoms in total. The number of hydrogen-bond acceptors (Lipinski definition) is 7. The summed E-state index contributed by atoms with van der Waals surface area (Å²) < 4.78 is 63.2. The second kappa shape index (κ2) is 11.8. The van der Waals surface area contributed by atoms with Gasteiger partial charge in [0.1, 0.15) is 23.9 Å². The van der Waals surface area contributed by atoms with E-state index in [-0.39, 0.29) is 22.1 Å². The van der Waals surface area contributed by atoms with Gasteiger partial charge < -0.3 is 24.3 Å². The third kappa shape index (κ3) is 6.23. The van der Waals surface area contributed by atoms with E-state index in [0.717, 1.165) is 4.31 Å². The predicted molar refractivity (Wildman–Crippen MR) is 137 cm³/mol. The van der Waals surface area contributed by atoms with Gasteiger partial charge in [-0.25, -0.2) is 12.8 Å². The molecule has 0 bridgehead atoms. The number of carbonyl (C=O) groups is 1. The van der Waals surface area contributed by atoms with Crippen LogP contribution >= 0.6 is 0 Å². The fraction of sp³-hybridized carbons (Fsp3) is 0.269. The molecule has 11 heteroatoms. The van der Waals surface area contributed by atoms with E-state index in [1.54, 1.807) is 31.2 Å². The molecule has 1 N–H and O–H groups in total. The van der Waals surface area contributed by atoms with Gasteiger partial charge in [-0.3, -0.25) is 9.10 Å². The molecule has 0 unspecified atom stereocenters. The molecule has 0 aliphatic rings. The zero-order chi connectivity index (χ0) is 27.2. The lowest BCUT2D eigenvalue weighted by atomic mass is 10.1. The summed E-state index contributed by atoms with van der Waals surface area (Å²) in [6.07, 6.45) is 0. The average molecular weight is 533 g/mol. The van der Waals surface area contributed by atoms with Gasteiger partial charge in [0.05, 0.1) is 45.1 Å². The van der Waals surface area contributed by atoms with Gasteiger partial charge >= 0.3 is 0 Å².